The van der Waals surface area contributed by atoms with Gasteiger partial charge in [0.2, 0.25) is 0 Å². The van der Waals surface area contributed by atoms with E-state index in [4.69, 9.17) is 4.74 Å². The lowest BCUT2D eigenvalue weighted by atomic mass is 10.1. The van der Waals surface area contributed by atoms with E-state index in [9.17, 15) is 5.11 Å². The predicted octanol–water partition coefficient (Wildman–Crippen LogP) is 1.76. The Kier molecular flexibility index (Phi) is 5.19. The van der Waals surface area contributed by atoms with E-state index in [-0.39, 0.29) is 12.1 Å². The molecule has 2 unspecified atom stereocenters. The first-order valence-corrected chi connectivity index (χ1v) is 7.06. The van der Waals surface area contributed by atoms with Gasteiger partial charge < -0.3 is 15.2 Å². The largest absolute Gasteiger partial charge is 0.508 e. The summed E-state index contributed by atoms with van der Waals surface area (Å²) in [5.74, 6) is 0.349. The quantitative estimate of drug-likeness (QED) is 0.850. The summed E-state index contributed by atoms with van der Waals surface area (Å²) in [6, 6.07) is 7.59. The lowest BCUT2D eigenvalue weighted by molar-refractivity contribution is -0.0262. The fourth-order valence-corrected chi connectivity index (χ4v) is 2.46. The topological polar surface area (TPSA) is 44.7 Å². The van der Waals surface area contributed by atoms with E-state index in [1.165, 1.54) is 0 Å². The van der Waals surface area contributed by atoms with Gasteiger partial charge in [0, 0.05) is 31.2 Å². The second-order valence-corrected chi connectivity index (χ2v) is 5.07. The van der Waals surface area contributed by atoms with Crippen LogP contribution in [0.25, 0.3) is 0 Å². The maximum Gasteiger partial charge on any atom is 0.120 e. The van der Waals surface area contributed by atoms with Gasteiger partial charge >= 0.3 is 0 Å². The second kappa shape index (κ2) is 6.89. The molecule has 1 aliphatic heterocycles. The van der Waals surface area contributed by atoms with Gasteiger partial charge in [-0.1, -0.05) is 25.1 Å². The van der Waals surface area contributed by atoms with Crippen LogP contribution in [0.4, 0.5) is 0 Å². The first-order chi connectivity index (χ1) is 9.20. The SMILES string of the molecule is CCN1CCOC(CNC(C)c2ccccc2O)C1. The minimum Gasteiger partial charge on any atom is -0.508 e. The fraction of sp³-hybridized carbons (Fsp3) is 0.600. The molecule has 1 saturated heterocycles. The van der Waals surface area contributed by atoms with Crippen LogP contribution in [0, 0.1) is 0 Å². The van der Waals surface area contributed by atoms with Gasteiger partial charge in [-0.05, 0) is 19.5 Å². The van der Waals surface area contributed by atoms with Crippen LogP contribution in [0.5, 0.6) is 5.75 Å². The van der Waals surface area contributed by atoms with Crippen molar-refractivity contribution in [2.45, 2.75) is 26.0 Å². The van der Waals surface area contributed by atoms with Crippen molar-refractivity contribution in [3.8, 4) is 5.75 Å². The van der Waals surface area contributed by atoms with Crippen molar-refractivity contribution in [2.24, 2.45) is 0 Å². The van der Waals surface area contributed by atoms with Gasteiger partial charge in [0.15, 0.2) is 0 Å². The molecule has 1 aromatic rings. The lowest BCUT2D eigenvalue weighted by Crippen LogP contribution is -2.46. The molecule has 4 nitrogen and oxygen atoms in total. The van der Waals surface area contributed by atoms with Crippen molar-refractivity contribution < 1.29 is 9.84 Å². The number of para-hydroxylation sites is 1. The van der Waals surface area contributed by atoms with Crippen molar-refractivity contribution in [2.75, 3.05) is 32.8 Å². The van der Waals surface area contributed by atoms with Crippen LogP contribution in [0.2, 0.25) is 0 Å². The van der Waals surface area contributed by atoms with E-state index < -0.39 is 0 Å². The summed E-state index contributed by atoms with van der Waals surface area (Å²) >= 11 is 0. The summed E-state index contributed by atoms with van der Waals surface area (Å²) in [6.45, 7) is 8.96. The van der Waals surface area contributed by atoms with Gasteiger partial charge in [-0.2, -0.15) is 0 Å². The van der Waals surface area contributed by atoms with E-state index in [0.717, 1.165) is 38.3 Å². The van der Waals surface area contributed by atoms with Gasteiger partial charge in [0.1, 0.15) is 5.75 Å². The third kappa shape index (κ3) is 3.93. The Balaban J connectivity index is 1.83. The summed E-state index contributed by atoms with van der Waals surface area (Å²) in [4.78, 5) is 2.40. The van der Waals surface area contributed by atoms with Crippen LogP contribution >= 0.6 is 0 Å². The third-order valence-corrected chi connectivity index (χ3v) is 3.73. The number of morpholine rings is 1. The molecule has 1 heterocycles. The summed E-state index contributed by atoms with van der Waals surface area (Å²) in [6.07, 6.45) is 0.238. The van der Waals surface area contributed by atoms with Crippen molar-refractivity contribution in [3.63, 3.8) is 0 Å². The average molecular weight is 264 g/mol. The van der Waals surface area contributed by atoms with Crippen LogP contribution in [0.3, 0.4) is 0 Å². The Morgan fingerprint density at radius 3 is 3.00 bits per heavy atom. The van der Waals surface area contributed by atoms with Crippen LogP contribution in [0.1, 0.15) is 25.5 Å². The summed E-state index contributed by atoms with van der Waals surface area (Å²) in [5, 5.41) is 13.3. The van der Waals surface area contributed by atoms with Gasteiger partial charge in [-0.3, -0.25) is 4.90 Å². The molecule has 106 valence electrons. The van der Waals surface area contributed by atoms with E-state index >= 15 is 0 Å². The van der Waals surface area contributed by atoms with Gasteiger partial charge in [-0.15, -0.1) is 0 Å². The molecular weight excluding hydrogens is 240 g/mol. The minimum absolute atomic E-state index is 0.127. The number of nitrogens with one attached hydrogen (secondary N) is 1. The number of nitrogens with zero attached hydrogens (tertiary/aromatic N) is 1. The van der Waals surface area contributed by atoms with E-state index in [1.54, 1.807) is 6.07 Å². The molecule has 1 fully saturated rings. The molecule has 0 radical (unpaired) electrons. The number of hydrogen-bond acceptors (Lipinski definition) is 4. The number of benzene rings is 1. The molecule has 0 bridgehead atoms. The first kappa shape index (κ1) is 14.3. The highest BCUT2D eigenvalue weighted by Crippen LogP contribution is 2.23. The molecule has 0 spiro atoms. The molecule has 2 atom stereocenters. The molecule has 1 aromatic carbocycles. The third-order valence-electron chi connectivity index (χ3n) is 3.73. The smallest absolute Gasteiger partial charge is 0.120 e. The highest BCUT2D eigenvalue weighted by atomic mass is 16.5. The minimum atomic E-state index is 0.127. The highest BCUT2D eigenvalue weighted by molar-refractivity contribution is 5.34. The highest BCUT2D eigenvalue weighted by Gasteiger charge is 2.20. The zero-order valence-electron chi connectivity index (χ0n) is 11.8. The fourth-order valence-electron chi connectivity index (χ4n) is 2.46. The van der Waals surface area contributed by atoms with Crippen molar-refractivity contribution in [3.05, 3.63) is 29.8 Å². The number of ether oxygens (including phenoxy) is 1. The summed E-state index contributed by atoms with van der Waals surface area (Å²) in [5.41, 5.74) is 0.936. The number of likely N-dealkylation sites (N-methyl/N-ethyl adjacent to an activating group) is 1. The van der Waals surface area contributed by atoms with Crippen molar-refractivity contribution in [1.82, 2.24) is 10.2 Å². The summed E-state index contributed by atoms with van der Waals surface area (Å²) < 4.78 is 5.76. The Morgan fingerprint density at radius 1 is 1.47 bits per heavy atom. The van der Waals surface area contributed by atoms with E-state index in [0.29, 0.717) is 5.75 Å². The number of rotatable bonds is 5. The zero-order valence-corrected chi connectivity index (χ0v) is 11.8. The molecule has 0 aromatic heterocycles. The monoisotopic (exact) mass is 264 g/mol. The first-order valence-electron chi connectivity index (χ1n) is 7.06. The number of hydrogen-bond donors (Lipinski definition) is 2. The summed E-state index contributed by atoms with van der Waals surface area (Å²) in [7, 11) is 0. The molecular formula is C15H24N2O2. The maximum absolute atomic E-state index is 9.82. The van der Waals surface area contributed by atoms with Gasteiger partial charge in [0.05, 0.1) is 12.7 Å². The van der Waals surface area contributed by atoms with Crippen molar-refractivity contribution >= 4 is 0 Å². The van der Waals surface area contributed by atoms with Crippen LogP contribution in [0.15, 0.2) is 24.3 Å². The molecule has 0 aliphatic carbocycles. The molecule has 2 rings (SSSR count). The van der Waals surface area contributed by atoms with Crippen LogP contribution in [-0.2, 0) is 4.74 Å². The molecule has 0 amide bonds. The van der Waals surface area contributed by atoms with Crippen LogP contribution < -0.4 is 5.32 Å². The Morgan fingerprint density at radius 2 is 2.26 bits per heavy atom. The predicted molar refractivity (Wildman–Crippen MR) is 76.4 cm³/mol. The normalized spacial score (nSPS) is 22.3. The Bertz CT molecular complexity index is 397. The molecule has 0 saturated carbocycles. The molecule has 2 N–H and O–H groups in total. The maximum atomic E-state index is 9.82. The lowest BCUT2D eigenvalue weighted by Gasteiger charge is -2.32. The number of phenolic OH excluding ortho intramolecular Hbond substituents is 1. The Labute approximate surface area is 115 Å². The van der Waals surface area contributed by atoms with E-state index in [1.807, 2.05) is 18.2 Å². The van der Waals surface area contributed by atoms with E-state index in [2.05, 4.69) is 24.1 Å². The standard InChI is InChI=1S/C15H24N2O2/c1-3-17-8-9-19-13(11-17)10-16-12(2)14-6-4-5-7-15(14)18/h4-7,12-13,16,18H,3,8-11H2,1-2H3. The zero-order chi connectivity index (χ0) is 13.7. The second-order valence-electron chi connectivity index (χ2n) is 5.07. The molecule has 19 heavy (non-hydrogen) atoms. The number of aromatic hydroxyl groups is 1. The van der Waals surface area contributed by atoms with Gasteiger partial charge in [0.25, 0.3) is 0 Å². The Hall–Kier alpha value is -1.10. The molecule has 1 aliphatic rings. The van der Waals surface area contributed by atoms with Crippen molar-refractivity contribution in [1.29, 1.82) is 0 Å². The van der Waals surface area contributed by atoms with Gasteiger partial charge in [-0.25, -0.2) is 0 Å². The molecule has 4 heteroatoms. The average Bonchev–Trinajstić information content (AvgIpc) is 2.45. The van der Waals surface area contributed by atoms with Crippen LogP contribution in [-0.4, -0.2) is 48.9 Å². The number of phenols is 1.